The molecule has 24 heavy (non-hydrogen) atoms. The van der Waals surface area contributed by atoms with Crippen LogP contribution >= 0.6 is 11.3 Å². The first-order chi connectivity index (χ1) is 11.8. The zero-order valence-corrected chi connectivity index (χ0v) is 14.1. The van der Waals surface area contributed by atoms with Crippen LogP contribution in [0.15, 0.2) is 56.9 Å². The first kappa shape index (κ1) is 15.3. The van der Waals surface area contributed by atoms with E-state index in [9.17, 15) is 4.79 Å². The van der Waals surface area contributed by atoms with Crippen molar-refractivity contribution in [1.82, 2.24) is 5.32 Å². The van der Waals surface area contributed by atoms with Crippen molar-refractivity contribution < 1.29 is 13.6 Å². The molecule has 3 aromatic rings. The van der Waals surface area contributed by atoms with E-state index in [0.717, 1.165) is 31.4 Å². The fourth-order valence-corrected chi connectivity index (χ4v) is 4.46. The maximum Gasteiger partial charge on any atom is 0.231 e. The van der Waals surface area contributed by atoms with Gasteiger partial charge in [0.2, 0.25) is 5.91 Å². The summed E-state index contributed by atoms with van der Waals surface area (Å²) in [4.78, 5) is 14.1. The summed E-state index contributed by atoms with van der Waals surface area (Å²) in [5.74, 6) is 2.21. The predicted octanol–water partition coefficient (Wildman–Crippen LogP) is 4.73. The fourth-order valence-electron chi connectivity index (χ4n) is 3.48. The minimum atomic E-state index is -0.357. The van der Waals surface area contributed by atoms with E-state index in [1.165, 1.54) is 4.88 Å². The van der Waals surface area contributed by atoms with Crippen LogP contribution in [0, 0.1) is 0 Å². The molecule has 124 valence electrons. The summed E-state index contributed by atoms with van der Waals surface area (Å²) >= 11 is 1.67. The number of hydrogen-bond acceptors (Lipinski definition) is 4. The number of rotatable bonds is 5. The van der Waals surface area contributed by atoms with E-state index in [0.29, 0.717) is 18.1 Å². The van der Waals surface area contributed by atoms with Gasteiger partial charge in [-0.25, -0.2) is 0 Å². The van der Waals surface area contributed by atoms with Crippen LogP contribution in [0.5, 0.6) is 0 Å². The van der Waals surface area contributed by atoms with Crippen molar-refractivity contribution in [2.24, 2.45) is 0 Å². The Labute approximate surface area is 144 Å². The van der Waals surface area contributed by atoms with Crippen LogP contribution in [0.4, 0.5) is 0 Å². The molecule has 1 saturated carbocycles. The zero-order chi connectivity index (χ0) is 16.4. The quantitative estimate of drug-likeness (QED) is 0.730. The molecule has 1 aliphatic carbocycles. The van der Waals surface area contributed by atoms with Crippen molar-refractivity contribution in [3.8, 4) is 11.5 Å². The van der Waals surface area contributed by atoms with Crippen molar-refractivity contribution in [2.75, 3.05) is 0 Å². The molecule has 5 heteroatoms. The Kier molecular flexibility index (Phi) is 4.02. The van der Waals surface area contributed by atoms with Crippen LogP contribution in [-0.4, -0.2) is 5.91 Å². The fraction of sp³-hybridized carbons (Fsp3) is 0.316. The standard InChI is InChI=1S/C19H19NO3S/c21-18(19(9-1-2-10-19)17-6-4-12-24-17)20-13-14-7-8-16(23-14)15-5-3-11-22-15/h3-8,11-12H,1-2,9-10,13H2,(H,20,21). The number of carbonyl (C=O) groups is 1. The molecule has 0 aromatic carbocycles. The number of furan rings is 2. The van der Waals surface area contributed by atoms with Gasteiger partial charge in [-0.2, -0.15) is 0 Å². The predicted molar refractivity (Wildman–Crippen MR) is 92.7 cm³/mol. The molecule has 1 aliphatic rings. The van der Waals surface area contributed by atoms with Crippen LogP contribution in [-0.2, 0) is 16.8 Å². The van der Waals surface area contributed by atoms with Gasteiger partial charge in [0.15, 0.2) is 11.5 Å². The molecular weight excluding hydrogens is 322 g/mol. The highest BCUT2D eigenvalue weighted by atomic mass is 32.1. The summed E-state index contributed by atoms with van der Waals surface area (Å²) < 4.78 is 11.1. The van der Waals surface area contributed by atoms with E-state index in [4.69, 9.17) is 8.83 Å². The minimum absolute atomic E-state index is 0.110. The minimum Gasteiger partial charge on any atom is -0.461 e. The Hall–Kier alpha value is -2.27. The molecule has 0 aliphatic heterocycles. The van der Waals surface area contributed by atoms with Gasteiger partial charge in [0.05, 0.1) is 18.2 Å². The van der Waals surface area contributed by atoms with Crippen molar-refractivity contribution in [3.63, 3.8) is 0 Å². The Bertz CT molecular complexity index is 796. The van der Waals surface area contributed by atoms with Crippen LogP contribution in [0.1, 0.15) is 36.3 Å². The van der Waals surface area contributed by atoms with Gasteiger partial charge < -0.3 is 14.2 Å². The largest absolute Gasteiger partial charge is 0.461 e. The van der Waals surface area contributed by atoms with Gasteiger partial charge in [0.1, 0.15) is 5.76 Å². The smallest absolute Gasteiger partial charge is 0.231 e. The van der Waals surface area contributed by atoms with Crippen LogP contribution in [0.3, 0.4) is 0 Å². The lowest BCUT2D eigenvalue weighted by atomic mass is 9.83. The highest BCUT2D eigenvalue weighted by molar-refractivity contribution is 7.10. The van der Waals surface area contributed by atoms with Crippen molar-refractivity contribution in [3.05, 3.63) is 58.7 Å². The molecule has 4 rings (SSSR count). The Morgan fingerprint density at radius 1 is 1.12 bits per heavy atom. The lowest BCUT2D eigenvalue weighted by Gasteiger charge is -2.26. The number of nitrogens with one attached hydrogen (secondary N) is 1. The van der Waals surface area contributed by atoms with Gasteiger partial charge in [-0.1, -0.05) is 18.9 Å². The average Bonchev–Trinajstić information content (AvgIpc) is 3.41. The maximum absolute atomic E-state index is 12.9. The Morgan fingerprint density at radius 3 is 2.71 bits per heavy atom. The highest BCUT2D eigenvalue weighted by Crippen LogP contribution is 2.43. The molecule has 1 N–H and O–H groups in total. The average molecular weight is 341 g/mol. The summed E-state index contributed by atoms with van der Waals surface area (Å²) in [7, 11) is 0. The molecule has 0 atom stereocenters. The molecule has 0 unspecified atom stereocenters. The van der Waals surface area contributed by atoms with Crippen molar-refractivity contribution in [1.29, 1.82) is 0 Å². The maximum atomic E-state index is 12.9. The van der Waals surface area contributed by atoms with Crippen LogP contribution < -0.4 is 5.32 Å². The second-order valence-electron chi connectivity index (χ2n) is 6.19. The van der Waals surface area contributed by atoms with Gasteiger partial charge in [-0.3, -0.25) is 4.79 Å². The summed E-state index contributed by atoms with van der Waals surface area (Å²) in [5.41, 5.74) is -0.357. The number of amides is 1. The van der Waals surface area contributed by atoms with Crippen molar-refractivity contribution >= 4 is 17.2 Å². The van der Waals surface area contributed by atoms with Gasteiger partial charge in [-0.05, 0) is 48.6 Å². The Morgan fingerprint density at radius 2 is 2.00 bits per heavy atom. The molecule has 0 spiro atoms. The van der Waals surface area contributed by atoms with Gasteiger partial charge in [0.25, 0.3) is 0 Å². The van der Waals surface area contributed by atoms with Crippen LogP contribution in [0.25, 0.3) is 11.5 Å². The molecule has 3 heterocycles. The molecule has 3 aromatic heterocycles. The van der Waals surface area contributed by atoms with Gasteiger partial charge in [0, 0.05) is 4.88 Å². The number of carbonyl (C=O) groups excluding carboxylic acids is 1. The molecule has 0 saturated heterocycles. The second kappa shape index (κ2) is 6.32. The molecule has 1 amide bonds. The first-order valence-corrected chi connectivity index (χ1v) is 9.11. The molecule has 0 radical (unpaired) electrons. The summed E-state index contributed by atoms with van der Waals surface area (Å²) in [6.07, 6.45) is 5.68. The van der Waals surface area contributed by atoms with Crippen molar-refractivity contribution in [2.45, 2.75) is 37.6 Å². The molecule has 4 nitrogen and oxygen atoms in total. The first-order valence-electron chi connectivity index (χ1n) is 8.23. The van der Waals surface area contributed by atoms with Gasteiger partial charge in [-0.15, -0.1) is 11.3 Å². The molecular formula is C19H19NO3S. The molecule has 0 bridgehead atoms. The van der Waals surface area contributed by atoms with E-state index < -0.39 is 0 Å². The van der Waals surface area contributed by atoms with Gasteiger partial charge >= 0.3 is 0 Å². The lowest BCUT2D eigenvalue weighted by molar-refractivity contribution is -0.126. The summed E-state index contributed by atoms with van der Waals surface area (Å²) in [6, 6.07) is 11.5. The van der Waals surface area contributed by atoms with E-state index in [1.807, 2.05) is 35.7 Å². The molecule has 1 fully saturated rings. The number of thiophene rings is 1. The monoisotopic (exact) mass is 341 g/mol. The third-order valence-electron chi connectivity index (χ3n) is 4.73. The van der Waals surface area contributed by atoms with Crippen LogP contribution in [0.2, 0.25) is 0 Å². The zero-order valence-electron chi connectivity index (χ0n) is 13.3. The third kappa shape index (κ3) is 2.69. The van der Waals surface area contributed by atoms with E-state index in [1.54, 1.807) is 17.6 Å². The third-order valence-corrected chi connectivity index (χ3v) is 5.81. The second-order valence-corrected chi connectivity index (χ2v) is 7.14. The SMILES string of the molecule is O=C(NCc1ccc(-c2ccco2)o1)C1(c2cccs2)CCCC1. The van der Waals surface area contributed by atoms with E-state index in [2.05, 4.69) is 11.4 Å². The van der Waals surface area contributed by atoms with E-state index in [-0.39, 0.29) is 11.3 Å². The summed E-state index contributed by atoms with van der Waals surface area (Å²) in [5, 5.41) is 5.12. The Balaban J connectivity index is 1.46. The topological polar surface area (TPSA) is 55.4 Å². The number of hydrogen-bond donors (Lipinski definition) is 1. The highest BCUT2D eigenvalue weighted by Gasteiger charge is 2.43. The lowest BCUT2D eigenvalue weighted by Crippen LogP contribution is -2.41. The van der Waals surface area contributed by atoms with E-state index >= 15 is 0 Å². The normalized spacial score (nSPS) is 16.3. The summed E-state index contributed by atoms with van der Waals surface area (Å²) in [6.45, 7) is 0.396.